The minimum Gasteiger partial charge on any atom is -0.354 e. The van der Waals surface area contributed by atoms with E-state index in [4.69, 9.17) is 5.73 Å². The van der Waals surface area contributed by atoms with Crippen molar-refractivity contribution in [2.45, 2.75) is 65.0 Å². The third-order valence-electron chi connectivity index (χ3n) is 3.87. The van der Waals surface area contributed by atoms with E-state index in [-0.39, 0.29) is 23.8 Å². The molecule has 1 aliphatic rings. The molecule has 0 aromatic rings. The van der Waals surface area contributed by atoms with Gasteiger partial charge in [0, 0.05) is 19.0 Å². The molecule has 2 amide bonds. The van der Waals surface area contributed by atoms with E-state index in [0.717, 1.165) is 25.7 Å². The van der Waals surface area contributed by atoms with Gasteiger partial charge in [-0.15, -0.1) is 0 Å². The fourth-order valence-corrected chi connectivity index (χ4v) is 2.55. The summed E-state index contributed by atoms with van der Waals surface area (Å²) in [6, 6.07) is -0.361. The summed E-state index contributed by atoms with van der Waals surface area (Å²) in [6.45, 7) is 6.42. The number of nitrogens with one attached hydrogen (secondary N) is 2. The Labute approximate surface area is 122 Å². The van der Waals surface area contributed by atoms with Gasteiger partial charge in [0.15, 0.2) is 0 Å². The molecule has 1 saturated carbocycles. The highest BCUT2D eigenvalue weighted by molar-refractivity contribution is 5.87. The molecule has 3 atom stereocenters. The van der Waals surface area contributed by atoms with Gasteiger partial charge in [0.1, 0.15) is 6.04 Å². The number of nitrogens with two attached hydrogens (primary N) is 1. The summed E-state index contributed by atoms with van der Waals surface area (Å²) in [5.41, 5.74) is 6.04. The Morgan fingerprint density at radius 3 is 2.45 bits per heavy atom. The van der Waals surface area contributed by atoms with Crippen LogP contribution in [0.15, 0.2) is 0 Å². The highest BCUT2D eigenvalue weighted by atomic mass is 16.2. The van der Waals surface area contributed by atoms with Gasteiger partial charge in [-0.25, -0.2) is 0 Å². The molecule has 1 fully saturated rings. The van der Waals surface area contributed by atoms with Gasteiger partial charge in [-0.1, -0.05) is 26.7 Å². The van der Waals surface area contributed by atoms with Crippen molar-refractivity contribution in [3.63, 3.8) is 0 Å². The lowest BCUT2D eigenvalue weighted by Gasteiger charge is -2.28. The van der Waals surface area contributed by atoms with Gasteiger partial charge in [-0.2, -0.15) is 0 Å². The van der Waals surface area contributed by atoms with Crippen molar-refractivity contribution in [1.29, 1.82) is 0 Å². The molecule has 5 nitrogen and oxygen atoms in total. The molecule has 0 spiro atoms. The molecule has 5 heteroatoms. The van der Waals surface area contributed by atoms with E-state index in [1.807, 2.05) is 13.8 Å². The van der Waals surface area contributed by atoms with Crippen LogP contribution >= 0.6 is 0 Å². The van der Waals surface area contributed by atoms with Crippen LogP contribution in [0, 0.1) is 11.8 Å². The fourth-order valence-electron chi connectivity index (χ4n) is 2.55. The standard InChI is InChI=1S/C15H29N3O2/c1-10(2)9-17-15(20)11(3)18-14(19)8-12-6-4-5-7-13(12)16/h10-13H,4-9,16H2,1-3H3,(H,17,20)(H,18,19). The molecule has 116 valence electrons. The number of amides is 2. The molecule has 1 rings (SSSR count). The third-order valence-corrected chi connectivity index (χ3v) is 3.87. The lowest BCUT2D eigenvalue weighted by molar-refractivity contribution is -0.129. The van der Waals surface area contributed by atoms with Gasteiger partial charge in [-0.3, -0.25) is 9.59 Å². The zero-order chi connectivity index (χ0) is 15.1. The first-order chi connectivity index (χ1) is 9.40. The van der Waals surface area contributed by atoms with Crippen LogP contribution in [0.1, 0.15) is 52.9 Å². The molecule has 0 aromatic heterocycles. The van der Waals surface area contributed by atoms with E-state index < -0.39 is 6.04 Å². The van der Waals surface area contributed by atoms with Crippen molar-refractivity contribution < 1.29 is 9.59 Å². The summed E-state index contributed by atoms with van der Waals surface area (Å²) < 4.78 is 0. The maximum Gasteiger partial charge on any atom is 0.242 e. The highest BCUT2D eigenvalue weighted by Crippen LogP contribution is 2.25. The number of hydrogen-bond donors (Lipinski definition) is 3. The minimum atomic E-state index is -0.485. The van der Waals surface area contributed by atoms with E-state index in [9.17, 15) is 9.59 Å². The summed E-state index contributed by atoms with van der Waals surface area (Å²) in [4.78, 5) is 23.8. The van der Waals surface area contributed by atoms with Crippen LogP contribution in [0.2, 0.25) is 0 Å². The highest BCUT2D eigenvalue weighted by Gasteiger charge is 2.25. The molecule has 1 aliphatic carbocycles. The Morgan fingerprint density at radius 2 is 1.85 bits per heavy atom. The first kappa shape index (κ1) is 17.0. The molecule has 3 unspecified atom stereocenters. The van der Waals surface area contributed by atoms with E-state index >= 15 is 0 Å². The molecular formula is C15H29N3O2. The second-order valence-corrected chi connectivity index (χ2v) is 6.34. The average Bonchev–Trinajstić information content (AvgIpc) is 2.38. The third kappa shape index (κ3) is 5.90. The van der Waals surface area contributed by atoms with Crippen LogP contribution in [0.25, 0.3) is 0 Å². The predicted molar refractivity (Wildman–Crippen MR) is 80.0 cm³/mol. The van der Waals surface area contributed by atoms with Crippen molar-refractivity contribution in [1.82, 2.24) is 10.6 Å². The number of carbonyl (C=O) groups excluding carboxylic acids is 2. The Balaban J connectivity index is 2.31. The van der Waals surface area contributed by atoms with Crippen LogP contribution < -0.4 is 16.4 Å². The van der Waals surface area contributed by atoms with Crippen molar-refractivity contribution in [2.24, 2.45) is 17.6 Å². The van der Waals surface area contributed by atoms with Crippen molar-refractivity contribution in [3.05, 3.63) is 0 Å². The van der Waals surface area contributed by atoms with Gasteiger partial charge in [0.2, 0.25) is 11.8 Å². The largest absolute Gasteiger partial charge is 0.354 e. The van der Waals surface area contributed by atoms with E-state index in [1.165, 1.54) is 0 Å². The molecule has 0 aromatic carbocycles. The Morgan fingerprint density at radius 1 is 1.20 bits per heavy atom. The molecule has 0 saturated heterocycles. The van der Waals surface area contributed by atoms with Crippen LogP contribution in [-0.2, 0) is 9.59 Å². The molecule has 0 heterocycles. The predicted octanol–water partition coefficient (Wildman–Crippen LogP) is 1.17. The summed E-state index contributed by atoms with van der Waals surface area (Å²) in [7, 11) is 0. The van der Waals surface area contributed by atoms with Crippen LogP contribution in [0.3, 0.4) is 0 Å². The minimum absolute atomic E-state index is 0.0699. The Bertz CT molecular complexity index is 331. The fraction of sp³-hybridized carbons (Fsp3) is 0.867. The molecule has 0 bridgehead atoms. The molecule has 0 aliphatic heterocycles. The van der Waals surface area contributed by atoms with Crippen LogP contribution in [0.4, 0.5) is 0 Å². The lowest BCUT2D eigenvalue weighted by atomic mass is 9.83. The number of carbonyl (C=O) groups is 2. The number of rotatable bonds is 6. The molecule has 4 N–H and O–H groups in total. The monoisotopic (exact) mass is 283 g/mol. The van der Waals surface area contributed by atoms with E-state index in [2.05, 4.69) is 10.6 Å². The normalized spacial score (nSPS) is 24.2. The van der Waals surface area contributed by atoms with Gasteiger partial charge in [0.05, 0.1) is 0 Å². The Hall–Kier alpha value is -1.10. The van der Waals surface area contributed by atoms with E-state index in [1.54, 1.807) is 6.92 Å². The van der Waals surface area contributed by atoms with Crippen molar-refractivity contribution in [2.75, 3.05) is 6.54 Å². The van der Waals surface area contributed by atoms with Gasteiger partial charge < -0.3 is 16.4 Å². The smallest absolute Gasteiger partial charge is 0.242 e. The second-order valence-electron chi connectivity index (χ2n) is 6.34. The zero-order valence-corrected chi connectivity index (χ0v) is 12.9. The number of hydrogen-bond acceptors (Lipinski definition) is 3. The van der Waals surface area contributed by atoms with Crippen molar-refractivity contribution >= 4 is 11.8 Å². The molecule has 20 heavy (non-hydrogen) atoms. The zero-order valence-electron chi connectivity index (χ0n) is 12.9. The van der Waals surface area contributed by atoms with Crippen LogP contribution in [-0.4, -0.2) is 30.4 Å². The topological polar surface area (TPSA) is 84.2 Å². The summed E-state index contributed by atoms with van der Waals surface area (Å²) in [5, 5.41) is 5.59. The van der Waals surface area contributed by atoms with Gasteiger partial charge in [-0.05, 0) is 31.6 Å². The summed E-state index contributed by atoms with van der Waals surface area (Å²) >= 11 is 0. The maximum absolute atomic E-state index is 12.0. The van der Waals surface area contributed by atoms with Gasteiger partial charge in [0.25, 0.3) is 0 Å². The SMILES string of the molecule is CC(C)CNC(=O)C(C)NC(=O)CC1CCCCC1N. The summed E-state index contributed by atoms with van der Waals surface area (Å²) in [5.74, 6) is 0.469. The maximum atomic E-state index is 12.0. The quantitative estimate of drug-likeness (QED) is 0.684. The second kappa shape index (κ2) is 8.25. The Kier molecular flexibility index (Phi) is 6.99. The van der Waals surface area contributed by atoms with Crippen molar-refractivity contribution in [3.8, 4) is 0 Å². The molecular weight excluding hydrogens is 254 g/mol. The first-order valence-corrected chi connectivity index (χ1v) is 7.72. The average molecular weight is 283 g/mol. The molecule has 0 radical (unpaired) electrons. The lowest BCUT2D eigenvalue weighted by Crippen LogP contribution is -2.47. The first-order valence-electron chi connectivity index (χ1n) is 7.72. The summed E-state index contributed by atoms with van der Waals surface area (Å²) in [6.07, 6.45) is 4.76. The van der Waals surface area contributed by atoms with Crippen LogP contribution in [0.5, 0.6) is 0 Å². The van der Waals surface area contributed by atoms with E-state index in [0.29, 0.717) is 18.9 Å². The van der Waals surface area contributed by atoms with Gasteiger partial charge >= 0.3 is 0 Å².